The lowest BCUT2D eigenvalue weighted by atomic mass is 10.1. The van der Waals surface area contributed by atoms with Gasteiger partial charge in [-0.25, -0.2) is 0 Å². The Hall–Kier alpha value is -1.11. The van der Waals surface area contributed by atoms with Crippen LogP contribution in [-0.2, 0) is 21.9 Å². The molecule has 4 nitrogen and oxygen atoms in total. The lowest BCUT2D eigenvalue weighted by molar-refractivity contribution is -0.139. The number of carbonyl (C=O) groups excluding carboxylic acids is 2. The van der Waals surface area contributed by atoms with Crippen molar-refractivity contribution in [1.82, 2.24) is 10.2 Å². The van der Waals surface area contributed by atoms with E-state index in [2.05, 4.69) is 5.32 Å². The standard InChI is InChI=1S/C24H28Cl4N2O2S/c1-4-15(3)29-24(32)22(5-2)30(12-16-6-8-18(25)20(27)10-16)23(31)14-33-13-17-7-9-19(26)21(28)11-17/h6-11,15,22H,4-5,12-14H2,1-3H3,(H,29,32)/t15-,22+/m1/s1. The molecule has 0 spiro atoms. The maximum atomic E-state index is 13.3. The number of thioether (sulfide) groups is 1. The second-order valence-electron chi connectivity index (χ2n) is 7.75. The Balaban J connectivity index is 2.17. The van der Waals surface area contributed by atoms with E-state index < -0.39 is 6.04 Å². The van der Waals surface area contributed by atoms with Crippen molar-refractivity contribution < 1.29 is 9.59 Å². The van der Waals surface area contributed by atoms with Gasteiger partial charge in [-0.05, 0) is 55.2 Å². The summed E-state index contributed by atoms with van der Waals surface area (Å²) in [4.78, 5) is 27.9. The van der Waals surface area contributed by atoms with Crippen LogP contribution in [0.5, 0.6) is 0 Å². The number of amides is 2. The van der Waals surface area contributed by atoms with Crippen molar-refractivity contribution in [1.29, 1.82) is 0 Å². The van der Waals surface area contributed by atoms with E-state index in [1.165, 1.54) is 11.8 Å². The summed E-state index contributed by atoms with van der Waals surface area (Å²) in [6.45, 7) is 6.11. The Kier molecular flexibility index (Phi) is 11.7. The maximum Gasteiger partial charge on any atom is 0.243 e. The Morgan fingerprint density at radius 2 is 1.48 bits per heavy atom. The van der Waals surface area contributed by atoms with Crippen LogP contribution in [0.25, 0.3) is 0 Å². The van der Waals surface area contributed by atoms with Gasteiger partial charge in [-0.15, -0.1) is 11.8 Å². The van der Waals surface area contributed by atoms with Crippen molar-refractivity contribution >= 4 is 70.0 Å². The normalized spacial score (nSPS) is 12.8. The van der Waals surface area contributed by atoms with E-state index in [0.29, 0.717) is 32.3 Å². The summed E-state index contributed by atoms with van der Waals surface area (Å²) in [5.74, 6) is 0.528. The fraction of sp³-hybridized carbons (Fsp3) is 0.417. The minimum absolute atomic E-state index is 0.0255. The molecule has 9 heteroatoms. The molecular formula is C24H28Cl4N2O2S. The van der Waals surface area contributed by atoms with Crippen LogP contribution in [0.4, 0.5) is 0 Å². The van der Waals surface area contributed by atoms with Gasteiger partial charge in [0, 0.05) is 18.3 Å². The van der Waals surface area contributed by atoms with Gasteiger partial charge in [-0.1, -0.05) is 72.4 Å². The van der Waals surface area contributed by atoms with Gasteiger partial charge in [-0.2, -0.15) is 0 Å². The Labute approximate surface area is 220 Å². The second kappa shape index (κ2) is 13.7. The van der Waals surface area contributed by atoms with Gasteiger partial charge in [0.25, 0.3) is 0 Å². The largest absolute Gasteiger partial charge is 0.352 e. The molecule has 2 rings (SSSR count). The van der Waals surface area contributed by atoms with E-state index in [4.69, 9.17) is 46.4 Å². The number of nitrogens with one attached hydrogen (secondary N) is 1. The predicted octanol–water partition coefficient (Wildman–Crippen LogP) is 7.26. The zero-order valence-electron chi connectivity index (χ0n) is 18.8. The molecular weight excluding hydrogens is 522 g/mol. The highest BCUT2D eigenvalue weighted by Crippen LogP contribution is 2.26. The van der Waals surface area contributed by atoms with Gasteiger partial charge >= 0.3 is 0 Å². The van der Waals surface area contributed by atoms with Crippen molar-refractivity contribution in [3.63, 3.8) is 0 Å². The van der Waals surface area contributed by atoms with Crippen LogP contribution in [-0.4, -0.2) is 34.6 Å². The number of rotatable bonds is 11. The molecule has 0 fully saturated rings. The molecule has 2 amide bonds. The third-order valence-electron chi connectivity index (χ3n) is 5.20. The molecule has 0 saturated heterocycles. The summed E-state index contributed by atoms with van der Waals surface area (Å²) in [5.41, 5.74) is 1.78. The topological polar surface area (TPSA) is 49.4 Å². The minimum Gasteiger partial charge on any atom is -0.352 e. The van der Waals surface area contributed by atoms with Crippen molar-refractivity contribution in [2.45, 2.75) is 58.0 Å². The summed E-state index contributed by atoms with van der Waals surface area (Å²) in [7, 11) is 0. The molecule has 0 heterocycles. The van der Waals surface area contributed by atoms with Gasteiger partial charge in [0.15, 0.2) is 0 Å². The van der Waals surface area contributed by atoms with Crippen molar-refractivity contribution in [3.8, 4) is 0 Å². The number of hydrogen-bond donors (Lipinski definition) is 1. The van der Waals surface area contributed by atoms with E-state index in [9.17, 15) is 9.59 Å². The smallest absolute Gasteiger partial charge is 0.243 e. The summed E-state index contributed by atoms with van der Waals surface area (Å²) in [6, 6.07) is 10.1. The van der Waals surface area contributed by atoms with Crippen molar-refractivity contribution in [2.75, 3.05) is 5.75 Å². The highest BCUT2D eigenvalue weighted by molar-refractivity contribution is 7.99. The summed E-state index contributed by atoms with van der Waals surface area (Å²) < 4.78 is 0. The van der Waals surface area contributed by atoms with Gasteiger partial charge in [0.2, 0.25) is 11.8 Å². The van der Waals surface area contributed by atoms with Gasteiger partial charge in [0.05, 0.1) is 25.8 Å². The minimum atomic E-state index is -0.591. The maximum absolute atomic E-state index is 13.3. The van der Waals surface area contributed by atoms with E-state index in [1.807, 2.05) is 32.9 Å². The van der Waals surface area contributed by atoms with Crippen molar-refractivity contribution in [3.05, 3.63) is 67.6 Å². The van der Waals surface area contributed by atoms with Crippen LogP contribution >= 0.6 is 58.2 Å². The van der Waals surface area contributed by atoms with Crippen LogP contribution in [0.2, 0.25) is 20.1 Å². The first kappa shape index (κ1) is 28.1. The lowest BCUT2D eigenvalue weighted by Crippen LogP contribution is -2.51. The van der Waals surface area contributed by atoms with E-state index >= 15 is 0 Å². The molecule has 0 saturated carbocycles. The molecule has 0 bridgehead atoms. The van der Waals surface area contributed by atoms with E-state index in [1.54, 1.807) is 29.2 Å². The third kappa shape index (κ3) is 8.56. The molecule has 2 aromatic rings. The summed E-state index contributed by atoms with van der Waals surface area (Å²) in [5, 5.41) is 4.83. The van der Waals surface area contributed by atoms with Gasteiger partial charge in [-0.3, -0.25) is 9.59 Å². The lowest BCUT2D eigenvalue weighted by Gasteiger charge is -2.31. The number of carbonyl (C=O) groups is 2. The first-order valence-electron chi connectivity index (χ1n) is 10.7. The van der Waals surface area contributed by atoms with E-state index in [0.717, 1.165) is 17.5 Å². The Bertz CT molecular complexity index is 973. The van der Waals surface area contributed by atoms with Crippen LogP contribution in [0.3, 0.4) is 0 Å². The monoisotopic (exact) mass is 548 g/mol. The van der Waals surface area contributed by atoms with E-state index in [-0.39, 0.29) is 30.2 Å². The van der Waals surface area contributed by atoms with Crippen LogP contribution in [0.15, 0.2) is 36.4 Å². The SMILES string of the molecule is CC[C@@H](C)NC(=O)[C@H](CC)N(Cc1ccc(Cl)c(Cl)c1)C(=O)CSCc1ccc(Cl)c(Cl)c1. The number of hydrogen-bond acceptors (Lipinski definition) is 3. The highest BCUT2D eigenvalue weighted by Gasteiger charge is 2.29. The summed E-state index contributed by atoms with van der Waals surface area (Å²) in [6.07, 6.45) is 1.30. The molecule has 2 atom stereocenters. The molecule has 0 aliphatic carbocycles. The van der Waals surface area contributed by atoms with Crippen LogP contribution in [0, 0.1) is 0 Å². The molecule has 0 aliphatic heterocycles. The molecule has 33 heavy (non-hydrogen) atoms. The van der Waals surface area contributed by atoms with Gasteiger partial charge < -0.3 is 10.2 Å². The molecule has 0 aliphatic rings. The zero-order chi connectivity index (χ0) is 24.5. The van der Waals surface area contributed by atoms with Crippen LogP contribution in [0.1, 0.15) is 44.7 Å². The Morgan fingerprint density at radius 3 is 2.03 bits per heavy atom. The molecule has 0 aromatic heterocycles. The third-order valence-corrected chi connectivity index (χ3v) is 7.67. The predicted molar refractivity (Wildman–Crippen MR) is 142 cm³/mol. The molecule has 1 N–H and O–H groups in total. The first-order valence-corrected chi connectivity index (χ1v) is 13.4. The zero-order valence-corrected chi connectivity index (χ0v) is 22.7. The van der Waals surface area contributed by atoms with Crippen molar-refractivity contribution in [2.24, 2.45) is 0 Å². The molecule has 0 radical (unpaired) electrons. The van der Waals surface area contributed by atoms with Crippen LogP contribution < -0.4 is 5.32 Å². The molecule has 0 unspecified atom stereocenters. The highest BCUT2D eigenvalue weighted by atomic mass is 35.5. The molecule has 180 valence electrons. The Morgan fingerprint density at radius 1 is 0.909 bits per heavy atom. The number of benzene rings is 2. The fourth-order valence-electron chi connectivity index (χ4n) is 3.16. The number of nitrogens with zero attached hydrogens (tertiary/aromatic N) is 1. The fourth-order valence-corrected chi connectivity index (χ4v) is 4.66. The average Bonchev–Trinajstić information content (AvgIpc) is 2.78. The quantitative estimate of drug-likeness (QED) is 0.321. The van der Waals surface area contributed by atoms with Gasteiger partial charge in [0.1, 0.15) is 6.04 Å². The average molecular weight is 550 g/mol. The molecule has 2 aromatic carbocycles. The summed E-state index contributed by atoms with van der Waals surface area (Å²) >= 11 is 25.7. The number of halogens is 4. The second-order valence-corrected chi connectivity index (χ2v) is 10.4. The first-order chi connectivity index (χ1) is 15.7.